The minimum Gasteiger partial charge on any atom is -0.467 e. The third-order valence-corrected chi connectivity index (χ3v) is 9.69. The molecule has 2 fully saturated rings. The fourth-order valence-electron chi connectivity index (χ4n) is 6.76. The molecular weight excluding hydrogens is 748 g/mol. The second-order valence-electron chi connectivity index (χ2n) is 13.7. The summed E-state index contributed by atoms with van der Waals surface area (Å²) < 4.78 is 61.9. The van der Waals surface area contributed by atoms with Crippen LogP contribution in [0.4, 0.5) is 0 Å². The van der Waals surface area contributed by atoms with E-state index in [0.29, 0.717) is 0 Å². The van der Waals surface area contributed by atoms with Gasteiger partial charge in [0.1, 0.15) is 36.6 Å². The van der Waals surface area contributed by atoms with E-state index in [1.54, 1.807) is 6.08 Å². The maximum absolute atomic E-state index is 13.7. The molecule has 4 aromatic rings. The zero-order valence-corrected chi connectivity index (χ0v) is 32.5. The molecule has 0 unspecified atom stereocenters. The molecule has 10 atom stereocenters. The van der Waals surface area contributed by atoms with E-state index in [-0.39, 0.29) is 33.0 Å². The Morgan fingerprint density at radius 3 is 1.34 bits per heavy atom. The van der Waals surface area contributed by atoms with Gasteiger partial charge in [-0.3, -0.25) is 0 Å². The molecule has 0 bridgehead atoms. The molecule has 0 radical (unpaired) electrons. The third kappa shape index (κ3) is 11.2. The van der Waals surface area contributed by atoms with Crippen molar-refractivity contribution in [3.8, 4) is 0 Å². The van der Waals surface area contributed by atoms with Gasteiger partial charge in [0.15, 0.2) is 24.8 Å². The van der Waals surface area contributed by atoms with Crippen LogP contribution in [0.2, 0.25) is 0 Å². The smallest absolute Gasteiger partial charge is 0.337 e. The summed E-state index contributed by atoms with van der Waals surface area (Å²) in [5.74, 6) is -1.68. The van der Waals surface area contributed by atoms with Crippen molar-refractivity contribution in [1.29, 1.82) is 0 Å². The van der Waals surface area contributed by atoms with Crippen LogP contribution in [0.3, 0.4) is 0 Å². The number of esters is 2. The Morgan fingerprint density at radius 2 is 0.914 bits per heavy atom. The first-order valence-electron chi connectivity index (χ1n) is 19.0. The van der Waals surface area contributed by atoms with E-state index in [9.17, 15) is 14.7 Å². The van der Waals surface area contributed by atoms with Crippen molar-refractivity contribution >= 4 is 11.9 Å². The van der Waals surface area contributed by atoms with Crippen molar-refractivity contribution in [2.24, 2.45) is 0 Å². The van der Waals surface area contributed by atoms with E-state index in [4.69, 9.17) is 47.4 Å². The first kappa shape index (κ1) is 42.8. The topological polar surface area (TPSA) is 147 Å². The number of carbonyl (C=O) groups is 2. The van der Waals surface area contributed by atoms with Crippen LogP contribution in [-0.4, -0.2) is 99.3 Å². The molecule has 0 saturated carbocycles. The Hall–Kier alpha value is -4.80. The average molecular weight is 799 g/mol. The Morgan fingerprint density at radius 1 is 0.534 bits per heavy atom. The van der Waals surface area contributed by atoms with E-state index in [0.717, 1.165) is 22.3 Å². The van der Waals surface area contributed by atoms with Crippen molar-refractivity contribution in [1.82, 2.24) is 0 Å². The maximum Gasteiger partial charge on any atom is 0.337 e. The molecule has 2 heterocycles. The molecule has 6 rings (SSSR count). The summed E-state index contributed by atoms with van der Waals surface area (Å²) >= 11 is 0. The van der Waals surface area contributed by atoms with Gasteiger partial charge in [-0.25, -0.2) is 9.59 Å². The monoisotopic (exact) mass is 798 g/mol. The van der Waals surface area contributed by atoms with E-state index in [1.807, 2.05) is 121 Å². The van der Waals surface area contributed by atoms with Crippen LogP contribution in [0.25, 0.3) is 0 Å². The second-order valence-corrected chi connectivity index (χ2v) is 13.7. The number of ether oxygens (including phenoxy) is 10. The lowest BCUT2D eigenvalue weighted by Crippen LogP contribution is -2.67. The number of benzene rings is 4. The first-order chi connectivity index (χ1) is 28.4. The first-order valence-corrected chi connectivity index (χ1v) is 19.0. The van der Waals surface area contributed by atoms with Gasteiger partial charge in [0.2, 0.25) is 0 Å². The Labute approximate surface area is 338 Å². The van der Waals surface area contributed by atoms with E-state index in [1.165, 1.54) is 14.2 Å². The van der Waals surface area contributed by atoms with Gasteiger partial charge < -0.3 is 52.5 Å². The molecule has 2 aliphatic heterocycles. The van der Waals surface area contributed by atoms with Gasteiger partial charge in [-0.1, -0.05) is 127 Å². The zero-order chi connectivity index (χ0) is 40.7. The predicted octanol–water partition coefficient (Wildman–Crippen LogP) is 5.07. The van der Waals surface area contributed by atoms with Crippen molar-refractivity contribution in [3.63, 3.8) is 0 Å². The van der Waals surface area contributed by atoms with Crippen molar-refractivity contribution in [2.45, 2.75) is 87.8 Å². The number of carbonyl (C=O) groups excluding carboxylic acids is 2. The summed E-state index contributed by atoms with van der Waals surface area (Å²) in [4.78, 5) is 27.0. The second kappa shape index (κ2) is 21.8. The molecule has 0 spiro atoms. The summed E-state index contributed by atoms with van der Waals surface area (Å²) in [5, 5.41) is 11.7. The fraction of sp³-hybridized carbons (Fsp3) is 0.378. The number of rotatable bonds is 19. The highest BCUT2D eigenvalue weighted by Crippen LogP contribution is 2.36. The van der Waals surface area contributed by atoms with E-state index in [2.05, 4.69) is 6.58 Å². The maximum atomic E-state index is 13.7. The Kier molecular flexibility index (Phi) is 16.1. The van der Waals surface area contributed by atoms with Crippen LogP contribution in [0.15, 0.2) is 134 Å². The largest absolute Gasteiger partial charge is 0.467 e. The molecule has 0 amide bonds. The lowest BCUT2D eigenvalue weighted by atomic mass is 9.95. The molecule has 308 valence electrons. The summed E-state index contributed by atoms with van der Waals surface area (Å²) in [6.07, 6.45) is -11.5. The lowest BCUT2D eigenvalue weighted by molar-refractivity contribution is -0.365. The standard InChI is InChI=1S/C45H50O13/c1-4-25-51-44-41(55-29-33-23-15-8-16-24-33)37(53-27-31-19-11-6-12-20-31)38(39(58-44)43(48)50-3)57-45-40(54-28-32-21-13-7-14-22-32)35(34(46)36(56-45)42(47)49-2)52-26-30-17-9-5-10-18-30/h4-24,34-41,44-46H,1,25-29H2,2-3H3/t34-,35+,36+,37+,38-,39+,40-,41-,44-,45-/m1/s1. The number of aliphatic hydroxyl groups is 1. The van der Waals surface area contributed by atoms with Gasteiger partial charge >= 0.3 is 11.9 Å². The molecule has 13 nitrogen and oxygen atoms in total. The molecule has 1 N–H and O–H groups in total. The summed E-state index contributed by atoms with van der Waals surface area (Å²) in [6, 6.07) is 37.6. The van der Waals surface area contributed by atoms with Gasteiger partial charge in [-0.15, -0.1) is 6.58 Å². The van der Waals surface area contributed by atoms with Crippen molar-refractivity contribution in [2.75, 3.05) is 20.8 Å². The van der Waals surface area contributed by atoms with Crippen molar-refractivity contribution < 1.29 is 62.1 Å². The molecular formula is C45H50O13. The van der Waals surface area contributed by atoms with E-state index >= 15 is 0 Å². The van der Waals surface area contributed by atoms with Gasteiger partial charge in [-0.2, -0.15) is 0 Å². The van der Waals surface area contributed by atoms with Crippen LogP contribution in [0.1, 0.15) is 22.3 Å². The number of hydrogen-bond acceptors (Lipinski definition) is 13. The van der Waals surface area contributed by atoms with Gasteiger partial charge in [0, 0.05) is 0 Å². The Balaban J connectivity index is 1.40. The predicted molar refractivity (Wildman–Crippen MR) is 208 cm³/mol. The normalized spacial score (nSPS) is 27.0. The highest BCUT2D eigenvalue weighted by atomic mass is 16.8. The SMILES string of the molecule is C=CCO[C@@H]1O[C@H](C(=O)OC)[C@H](O[C@H]2O[C@H](C(=O)OC)[C@H](O)[C@H](OCc3ccccc3)[C@H]2OCc2ccccc2)[C@H](OCc2ccccc2)[C@H]1OCc1ccccc1. The highest BCUT2D eigenvalue weighted by molar-refractivity contribution is 5.76. The van der Waals surface area contributed by atoms with Crippen molar-refractivity contribution in [3.05, 3.63) is 156 Å². The van der Waals surface area contributed by atoms with Gasteiger partial charge in [0.25, 0.3) is 0 Å². The Bertz CT molecular complexity index is 1830. The molecule has 58 heavy (non-hydrogen) atoms. The molecule has 4 aromatic carbocycles. The van der Waals surface area contributed by atoms with Crippen LogP contribution in [-0.2, 0) is 83.4 Å². The number of aliphatic hydroxyl groups excluding tert-OH is 1. The molecule has 0 aliphatic carbocycles. The average Bonchev–Trinajstić information content (AvgIpc) is 3.27. The van der Waals surface area contributed by atoms with Crippen LogP contribution in [0.5, 0.6) is 0 Å². The minimum absolute atomic E-state index is 0.0470. The number of methoxy groups -OCH3 is 2. The molecule has 13 heteroatoms. The van der Waals surface area contributed by atoms with Crippen LogP contribution in [0, 0.1) is 0 Å². The fourth-order valence-corrected chi connectivity index (χ4v) is 6.76. The quantitative estimate of drug-likeness (QED) is 0.0996. The highest BCUT2D eigenvalue weighted by Gasteiger charge is 2.57. The number of hydrogen-bond donors (Lipinski definition) is 1. The summed E-state index contributed by atoms with van der Waals surface area (Å²) in [6.45, 7) is 4.12. The zero-order valence-electron chi connectivity index (χ0n) is 32.5. The summed E-state index contributed by atoms with van der Waals surface area (Å²) in [7, 11) is 2.40. The lowest BCUT2D eigenvalue weighted by Gasteiger charge is -2.48. The van der Waals surface area contributed by atoms with Crippen LogP contribution >= 0.6 is 0 Å². The van der Waals surface area contributed by atoms with Gasteiger partial charge in [0.05, 0.1) is 47.3 Å². The summed E-state index contributed by atoms with van der Waals surface area (Å²) in [5.41, 5.74) is 3.30. The van der Waals surface area contributed by atoms with E-state index < -0.39 is 73.4 Å². The molecule has 2 saturated heterocycles. The minimum atomic E-state index is -1.58. The van der Waals surface area contributed by atoms with Crippen LogP contribution < -0.4 is 0 Å². The molecule has 0 aromatic heterocycles. The third-order valence-electron chi connectivity index (χ3n) is 9.69. The van der Waals surface area contributed by atoms with Gasteiger partial charge in [-0.05, 0) is 22.3 Å². The molecule has 2 aliphatic rings.